The van der Waals surface area contributed by atoms with E-state index >= 15 is 4.39 Å². The average Bonchev–Trinajstić information content (AvgIpc) is 3.93. The lowest BCUT2D eigenvalue weighted by atomic mass is 9.71. The van der Waals surface area contributed by atoms with E-state index in [9.17, 15) is 24.3 Å². The second kappa shape index (κ2) is 19.1. The molecule has 0 bridgehead atoms. The maximum atomic E-state index is 15.2. The van der Waals surface area contributed by atoms with E-state index in [0.717, 1.165) is 74.8 Å². The summed E-state index contributed by atoms with van der Waals surface area (Å²) in [4.78, 5) is 71.4. The van der Waals surface area contributed by atoms with Crippen molar-refractivity contribution >= 4 is 46.3 Å². The van der Waals surface area contributed by atoms with Gasteiger partial charge in [0.15, 0.2) is 0 Å². The van der Waals surface area contributed by atoms with Crippen molar-refractivity contribution in [1.82, 2.24) is 35.0 Å². The van der Waals surface area contributed by atoms with Gasteiger partial charge in [-0.25, -0.2) is 23.9 Å². The predicted molar refractivity (Wildman–Crippen MR) is 254 cm³/mol. The topological polar surface area (TPSA) is 176 Å². The van der Waals surface area contributed by atoms with Gasteiger partial charge in [0.05, 0.1) is 24.6 Å². The van der Waals surface area contributed by atoms with Gasteiger partial charge in [-0.2, -0.15) is 0 Å². The molecule has 0 saturated carbocycles. The molecule has 4 saturated heterocycles. The highest BCUT2D eigenvalue weighted by molar-refractivity contribution is 6.07. The van der Waals surface area contributed by atoms with Crippen LogP contribution in [-0.4, -0.2) is 124 Å². The molecule has 0 radical (unpaired) electrons. The Morgan fingerprint density at radius 1 is 0.940 bits per heavy atom. The number of nitrogens with one attached hydrogen (secondary N) is 3. The van der Waals surface area contributed by atoms with Gasteiger partial charge in [0, 0.05) is 79.5 Å². The molecule has 16 heteroatoms. The van der Waals surface area contributed by atoms with Crippen molar-refractivity contribution < 1.29 is 33.4 Å². The number of imide groups is 1. The monoisotopic (exact) mass is 913 g/mol. The number of piperidine rings is 2. The van der Waals surface area contributed by atoms with Crippen molar-refractivity contribution in [3.63, 3.8) is 0 Å². The number of aromatic nitrogens is 3. The number of β-amino-alcohol motifs (C(OH)–C–C–N with tert-alkyl or cyclic N) is 1. The molecule has 4 aliphatic heterocycles. The van der Waals surface area contributed by atoms with Crippen LogP contribution in [0.25, 0.3) is 33.5 Å². The number of aromatic amines is 1. The summed E-state index contributed by atoms with van der Waals surface area (Å²) < 4.78 is 20.7. The van der Waals surface area contributed by atoms with Crippen LogP contribution in [0, 0.1) is 30.0 Å². The number of likely N-dealkylation sites (tertiary alicyclic amines) is 3. The van der Waals surface area contributed by atoms with E-state index in [1.807, 2.05) is 17.9 Å². The molecule has 5 aromatic rings. The van der Waals surface area contributed by atoms with E-state index in [1.54, 1.807) is 23.1 Å². The number of aliphatic hydroxyl groups is 1. The highest BCUT2D eigenvalue weighted by Crippen LogP contribution is 2.42. The summed E-state index contributed by atoms with van der Waals surface area (Å²) in [5, 5.41) is 16.6. The fourth-order valence-corrected chi connectivity index (χ4v) is 10.5. The number of hydrogen-bond donors (Lipinski definition) is 4. The van der Waals surface area contributed by atoms with E-state index in [4.69, 9.17) is 4.74 Å². The molecule has 4 N–H and O–H groups in total. The highest BCUT2D eigenvalue weighted by atomic mass is 19.1. The summed E-state index contributed by atoms with van der Waals surface area (Å²) in [5.41, 5.74) is 7.06. The molecule has 6 amide bonds. The van der Waals surface area contributed by atoms with Crippen molar-refractivity contribution in [2.75, 3.05) is 69.7 Å². The molecule has 0 aliphatic carbocycles. The summed E-state index contributed by atoms with van der Waals surface area (Å²) in [5.74, 6) is -0.00264. The molecule has 352 valence electrons. The minimum Gasteiger partial charge on any atom is -0.495 e. The molecule has 4 fully saturated rings. The summed E-state index contributed by atoms with van der Waals surface area (Å²) in [6.45, 7) is 11.3. The Bertz CT molecular complexity index is 2670. The van der Waals surface area contributed by atoms with Crippen LogP contribution in [0.5, 0.6) is 5.75 Å². The number of rotatable bonds is 11. The van der Waals surface area contributed by atoms with Crippen LogP contribution in [0.3, 0.4) is 0 Å². The third kappa shape index (κ3) is 9.73. The van der Waals surface area contributed by atoms with Gasteiger partial charge < -0.3 is 34.8 Å². The lowest BCUT2D eigenvalue weighted by molar-refractivity contribution is -0.120. The largest absolute Gasteiger partial charge is 0.495 e. The number of hydrogen-bond acceptors (Lipinski definition) is 9. The number of fused-ring (bicyclic) bond motifs is 1. The molecule has 9 rings (SSSR count). The van der Waals surface area contributed by atoms with Crippen LogP contribution in [0.4, 0.5) is 25.4 Å². The molecule has 6 heterocycles. The maximum absolute atomic E-state index is 15.2. The van der Waals surface area contributed by atoms with Crippen molar-refractivity contribution in [2.45, 2.75) is 71.8 Å². The van der Waals surface area contributed by atoms with E-state index in [-0.39, 0.29) is 48.7 Å². The van der Waals surface area contributed by atoms with Crippen LogP contribution in [0.1, 0.15) is 73.9 Å². The fourth-order valence-electron chi connectivity index (χ4n) is 10.5. The van der Waals surface area contributed by atoms with Gasteiger partial charge >= 0.3 is 12.1 Å². The number of nitrogens with zero attached hydrogens (tertiary/aromatic N) is 6. The van der Waals surface area contributed by atoms with Crippen LogP contribution >= 0.6 is 0 Å². The van der Waals surface area contributed by atoms with Gasteiger partial charge in [0.1, 0.15) is 23.5 Å². The summed E-state index contributed by atoms with van der Waals surface area (Å²) in [6.07, 6.45) is 6.92. The second-order valence-electron chi connectivity index (χ2n) is 19.3. The first-order valence-corrected chi connectivity index (χ1v) is 23.5. The number of amides is 6. The number of carbonyl (C=O) groups excluding carboxylic acids is 4. The predicted octanol–water partition coefficient (Wildman–Crippen LogP) is 7.63. The maximum Gasteiger partial charge on any atom is 0.328 e. The van der Waals surface area contributed by atoms with Crippen LogP contribution in [0.2, 0.25) is 0 Å². The zero-order valence-corrected chi connectivity index (χ0v) is 38.7. The van der Waals surface area contributed by atoms with E-state index in [1.165, 1.54) is 36.0 Å². The van der Waals surface area contributed by atoms with E-state index < -0.39 is 18.0 Å². The number of methoxy groups -OCH3 is 1. The van der Waals surface area contributed by atoms with Crippen LogP contribution < -0.4 is 20.3 Å². The summed E-state index contributed by atoms with van der Waals surface area (Å²) in [6, 6.07) is 17.5. The molecule has 2 atom stereocenters. The lowest BCUT2D eigenvalue weighted by Crippen LogP contribution is -2.50. The molecular weight excluding hydrogens is 854 g/mol. The van der Waals surface area contributed by atoms with Gasteiger partial charge in [-0.3, -0.25) is 19.8 Å². The number of anilines is 2. The number of urea groups is 2. The Morgan fingerprint density at radius 3 is 2.40 bits per heavy atom. The van der Waals surface area contributed by atoms with E-state index in [2.05, 4.69) is 68.6 Å². The summed E-state index contributed by atoms with van der Waals surface area (Å²) >= 11 is 0. The molecule has 4 aliphatic rings. The molecular formula is C51H60FN9O6. The first-order chi connectivity index (χ1) is 32.3. The first kappa shape index (κ1) is 45.8. The number of H-pyrrole nitrogens is 1. The van der Waals surface area contributed by atoms with Gasteiger partial charge in [0.2, 0.25) is 5.91 Å². The van der Waals surface area contributed by atoms with Crippen molar-refractivity contribution in [3.05, 3.63) is 89.5 Å². The normalized spacial score (nSPS) is 20.0. The lowest BCUT2D eigenvalue weighted by Gasteiger charge is -2.47. The minimum atomic E-state index is -0.585. The molecule has 1 spiro atoms. The quantitative estimate of drug-likeness (QED) is 0.104. The highest BCUT2D eigenvalue weighted by Gasteiger charge is 2.39. The first-order valence-electron chi connectivity index (χ1n) is 23.5. The van der Waals surface area contributed by atoms with Gasteiger partial charge in [-0.15, -0.1) is 0 Å². The second-order valence-corrected chi connectivity index (χ2v) is 19.3. The Hall–Kier alpha value is -6.39. The minimum absolute atomic E-state index is 0.00965. The Balaban J connectivity index is 0.782. The van der Waals surface area contributed by atoms with Crippen molar-refractivity contribution in [3.8, 4) is 28.3 Å². The number of ether oxygens (including phenoxy) is 1. The van der Waals surface area contributed by atoms with Crippen molar-refractivity contribution in [2.24, 2.45) is 17.3 Å². The zero-order chi connectivity index (χ0) is 47.0. The van der Waals surface area contributed by atoms with Crippen LogP contribution in [-0.2, 0) is 11.2 Å². The third-order valence-electron chi connectivity index (χ3n) is 14.5. The van der Waals surface area contributed by atoms with Crippen molar-refractivity contribution in [1.29, 1.82) is 0 Å². The Kier molecular flexibility index (Phi) is 13.0. The van der Waals surface area contributed by atoms with E-state index in [0.29, 0.717) is 70.7 Å². The van der Waals surface area contributed by atoms with Crippen LogP contribution in [0.15, 0.2) is 67.0 Å². The Labute approximate surface area is 390 Å². The number of carbonyl (C=O) groups is 4. The Morgan fingerprint density at radius 2 is 1.69 bits per heavy atom. The molecule has 3 aromatic carbocycles. The zero-order valence-electron chi connectivity index (χ0n) is 38.7. The average molecular weight is 914 g/mol. The van der Waals surface area contributed by atoms with Gasteiger partial charge in [0.25, 0.3) is 5.91 Å². The molecule has 0 unspecified atom stereocenters. The fraction of sp³-hybridized carbons (Fsp3) is 0.451. The molecule has 15 nitrogen and oxygen atoms in total. The SMILES string of the molecule is COc1ccc(C(=O)N2CCC3(CCN(CCc4ccc(-c5cc6c(-c7cc(F)cc(NC(=O)N8C[C@@H](CC(C)C)[C@@H](O)C8)c7C)ncnc6[nH]5)cc4)CC3)CC2)cc1N1CCC(=O)NC1=O. The number of aliphatic hydroxyl groups excluding tert-OH is 1. The standard InChI is InChI=1S/C51H60FN9O6/c1-31(2)23-36-28-60(29-43(36)62)49(65)56-40-26-37(52)25-38(32(40)3)46-39-27-41(55-47(39)54-30-53-46)34-7-5-33(6-8-34)11-17-58-19-13-51(14-20-58)15-21-59(22-16-51)48(64)35-9-10-44(67-4)42(24-35)61-18-12-45(63)57-50(61)66/h5-10,24-27,30-31,36,43,62H,11-23,28-29H2,1-4H3,(H,56,65)(H,53,54,55)(H,57,63,66)/t36-,43+/m1/s1. The summed E-state index contributed by atoms with van der Waals surface area (Å²) in [7, 11) is 1.52. The smallest absolute Gasteiger partial charge is 0.328 e. The van der Waals surface area contributed by atoms with Gasteiger partial charge in [-0.05, 0) is 123 Å². The number of halogens is 1. The van der Waals surface area contributed by atoms with Gasteiger partial charge in [-0.1, -0.05) is 38.1 Å². The third-order valence-corrected chi connectivity index (χ3v) is 14.5. The number of benzene rings is 3. The molecule has 67 heavy (non-hydrogen) atoms. The molecule has 2 aromatic heterocycles.